The Morgan fingerprint density at radius 1 is 1.75 bits per heavy atom. The molecular formula is C8H11BrN2O. The molecular weight excluding hydrogens is 220 g/mol. The van der Waals surface area contributed by atoms with Crippen molar-refractivity contribution in [1.29, 1.82) is 0 Å². The topological polar surface area (TPSA) is 34.9 Å². The first-order valence-corrected chi connectivity index (χ1v) is 4.61. The van der Waals surface area contributed by atoms with Crippen molar-refractivity contribution < 1.29 is 4.79 Å². The Morgan fingerprint density at radius 3 is 2.83 bits per heavy atom. The molecule has 0 atom stereocenters. The summed E-state index contributed by atoms with van der Waals surface area (Å²) in [6, 6.07) is 0. The van der Waals surface area contributed by atoms with Gasteiger partial charge in [-0.1, -0.05) is 13.8 Å². The third kappa shape index (κ3) is 1.75. The van der Waals surface area contributed by atoms with Crippen molar-refractivity contribution in [1.82, 2.24) is 9.78 Å². The highest BCUT2D eigenvalue weighted by Crippen LogP contribution is 2.23. The van der Waals surface area contributed by atoms with Gasteiger partial charge in [-0.05, 0) is 21.8 Å². The van der Waals surface area contributed by atoms with E-state index in [0.29, 0.717) is 12.5 Å². The maximum Gasteiger partial charge on any atom is 0.141 e. The zero-order chi connectivity index (χ0) is 9.14. The predicted molar refractivity (Wildman–Crippen MR) is 50.1 cm³/mol. The monoisotopic (exact) mass is 230 g/mol. The normalized spacial score (nSPS) is 10.7. The molecule has 0 aliphatic rings. The van der Waals surface area contributed by atoms with Crippen molar-refractivity contribution in [2.75, 3.05) is 0 Å². The fourth-order valence-electron chi connectivity index (χ4n) is 0.970. The van der Waals surface area contributed by atoms with Gasteiger partial charge in [-0.3, -0.25) is 4.68 Å². The van der Waals surface area contributed by atoms with Gasteiger partial charge in [-0.15, -0.1) is 0 Å². The van der Waals surface area contributed by atoms with Crippen LogP contribution in [0.4, 0.5) is 0 Å². The molecule has 0 unspecified atom stereocenters. The molecule has 0 saturated carbocycles. The average molecular weight is 231 g/mol. The number of nitrogens with zero attached hydrogens (tertiary/aromatic N) is 2. The van der Waals surface area contributed by atoms with Gasteiger partial charge in [0.05, 0.1) is 12.7 Å². The first-order valence-electron chi connectivity index (χ1n) is 3.81. The molecule has 0 aromatic carbocycles. The molecule has 0 aliphatic carbocycles. The van der Waals surface area contributed by atoms with E-state index in [9.17, 15) is 4.79 Å². The van der Waals surface area contributed by atoms with Crippen molar-refractivity contribution in [3.8, 4) is 0 Å². The zero-order valence-corrected chi connectivity index (χ0v) is 8.71. The first kappa shape index (κ1) is 9.45. The lowest BCUT2D eigenvalue weighted by molar-refractivity contribution is -0.108. The van der Waals surface area contributed by atoms with Crippen molar-refractivity contribution in [3.63, 3.8) is 0 Å². The molecule has 0 aliphatic heterocycles. The number of aromatic nitrogens is 2. The molecule has 0 N–H and O–H groups in total. The second-order valence-corrected chi connectivity index (χ2v) is 3.65. The van der Waals surface area contributed by atoms with E-state index in [2.05, 4.69) is 34.9 Å². The van der Waals surface area contributed by atoms with Gasteiger partial charge in [0.15, 0.2) is 0 Å². The Kier molecular flexibility index (Phi) is 3.03. The molecule has 1 rings (SSSR count). The quantitative estimate of drug-likeness (QED) is 0.745. The van der Waals surface area contributed by atoms with Crippen LogP contribution in [-0.2, 0) is 11.3 Å². The second kappa shape index (κ2) is 3.85. The molecule has 1 aromatic rings. The van der Waals surface area contributed by atoms with Gasteiger partial charge in [-0.25, -0.2) is 0 Å². The minimum atomic E-state index is 0.313. The van der Waals surface area contributed by atoms with Crippen LogP contribution in [0.3, 0.4) is 0 Å². The van der Waals surface area contributed by atoms with E-state index in [-0.39, 0.29) is 0 Å². The number of hydrogen-bond donors (Lipinski definition) is 0. The summed E-state index contributed by atoms with van der Waals surface area (Å²) in [5.74, 6) is 0.430. The standard InChI is InChI=1S/C8H11BrN2O/c1-6(2)7-5-10-11(3-4-12)8(7)9/h4-6H,3H2,1-2H3. The van der Waals surface area contributed by atoms with E-state index in [1.54, 1.807) is 10.9 Å². The van der Waals surface area contributed by atoms with E-state index < -0.39 is 0 Å². The summed E-state index contributed by atoms with van der Waals surface area (Å²) in [6.07, 6.45) is 2.63. The van der Waals surface area contributed by atoms with E-state index in [1.807, 2.05) is 0 Å². The van der Waals surface area contributed by atoms with Crippen LogP contribution in [0.15, 0.2) is 10.8 Å². The van der Waals surface area contributed by atoms with Crippen LogP contribution in [0.25, 0.3) is 0 Å². The van der Waals surface area contributed by atoms with Crippen LogP contribution in [0.1, 0.15) is 25.3 Å². The summed E-state index contributed by atoms with van der Waals surface area (Å²) in [7, 11) is 0. The maximum absolute atomic E-state index is 10.2. The Morgan fingerprint density at radius 2 is 2.42 bits per heavy atom. The molecule has 0 radical (unpaired) electrons. The number of hydrogen-bond acceptors (Lipinski definition) is 2. The summed E-state index contributed by atoms with van der Waals surface area (Å²) in [5.41, 5.74) is 1.14. The SMILES string of the molecule is CC(C)c1cnn(CC=O)c1Br. The summed E-state index contributed by atoms with van der Waals surface area (Å²) < 4.78 is 2.55. The fourth-order valence-corrected chi connectivity index (χ4v) is 1.77. The Labute approximate surface area is 79.9 Å². The number of aldehydes is 1. The number of carbonyl (C=O) groups excluding carboxylic acids is 1. The predicted octanol–water partition coefficient (Wildman–Crippen LogP) is 1.97. The Hall–Kier alpha value is -0.640. The van der Waals surface area contributed by atoms with Gasteiger partial charge in [0, 0.05) is 5.56 Å². The molecule has 1 aromatic heterocycles. The summed E-state index contributed by atoms with van der Waals surface area (Å²) >= 11 is 3.39. The van der Waals surface area contributed by atoms with Crippen molar-refractivity contribution >= 4 is 22.2 Å². The van der Waals surface area contributed by atoms with Crippen molar-refractivity contribution in [2.24, 2.45) is 0 Å². The zero-order valence-electron chi connectivity index (χ0n) is 7.12. The van der Waals surface area contributed by atoms with Gasteiger partial charge in [0.1, 0.15) is 10.9 Å². The number of rotatable bonds is 3. The summed E-state index contributed by atoms with van der Waals surface area (Å²) in [6.45, 7) is 4.49. The van der Waals surface area contributed by atoms with Crippen LogP contribution in [0, 0.1) is 0 Å². The highest BCUT2D eigenvalue weighted by Gasteiger charge is 2.09. The van der Waals surface area contributed by atoms with Gasteiger partial charge < -0.3 is 4.79 Å². The van der Waals surface area contributed by atoms with Crippen LogP contribution in [0.2, 0.25) is 0 Å². The van der Waals surface area contributed by atoms with Crippen molar-refractivity contribution in [3.05, 3.63) is 16.4 Å². The molecule has 3 nitrogen and oxygen atoms in total. The molecule has 4 heteroatoms. The highest BCUT2D eigenvalue weighted by molar-refractivity contribution is 9.10. The molecule has 0 amide bonds. The average Bonchev–Trinajstić information content (AvgIpc) is 2.34. The van der Waals surface area contributed by atoms with Crippen LogP contribution >= 0.6 is 15.9 Å². The summed E-state index contributed by atoms with van der Waals surface area (Å²) in [5, 5.41) is 4.07. The third-order valence-electron chi connectivity index (χ3n) is 1.67. The smallest absolute Gasteiger partial charge is 0.141 e. The molecule has 12 heavy (non-hydrogen) atoms. The van der Waals surface area contributed by atoms with E-state index in [4.69, 9.17) is 0 Å². The lowest BCUT2D eigenvalue weighted by Gasteiger charge is -2.02. The van der Waals surface area contributed by atoms with Crippen LogP contribution in [-0.4, -0.2) is 16.1 Å². The molecule has 0 spiro atoms. The van der Waals surface area contributed by atoms with E-state index in [1.165, 1.54) is 0 Å². The molecule has 0 fully saturated rings. The minimum absolute atomic E-state index is 0.313. The number of halogens is 1. The lowest BCUT2D eigenvalue weighted by Crippen LogP contribution is -2.01. The lowest BCUT2D eigenvalue weighted by atomic mass is 10.1. The molecule has 0 bridgehead atoms. The highest BCUT2D eigenvalue weighted by atomic mass is 79.9. The van der Waals surface area contributed by atoms with Gasteiger partial charge in [-0.2, -0.15) is 5.10 Å². The first-order chi connectivity index (χ1) is 5.66. The second-order valence-electron chi connectivity index (χ2n) is 2.89. The van der Waals surface area contributed by atoms with Gasteiger partial charge in [0.25, 0.3) is 0 Å². The Bertz CT molecular complexity index is 281. The van der Waals surface area contributed by atoms with Crippen LogP contribution < -0.4 is 0 Å². The Balaban J connectivity index is 2.95. The number of carbonyl (C=O) groups is 1. The van der Waals surface area contributed by atoms with E-state index in [0.717, 1.165) is 16.5 Å². The molecule has 0 saturated heterocycles. The van der Waals surface area contributed by atoms with Crippen LogP contribution in [0.5, 0.6) is 0 Å². The fraction of sp³-hybridized carbons (Fsp3) is 0.500. The van der Waals surface area contributed by atoms with Gasteiger partial charge in [0.2, 0.25) is 0 Å². The minimum Gasteiger partial charge on any atom is -0.301 e. The largest absolute Gasteiger partial charge is 0.301 e. The molecule has 66 valence electrons. The maximum atomic E-state index is 10.2. The van der Waals surface area contributed by atoms with Gasteiger partial charge >= 0.3 is 0 Å². The summed E-state index contributed by atoms with van der Waals surface area (Å²) in [4.78, 5) is 10.2. The van der Waals surface area contributed by atoms with Crippen molar-refractivity contribution in [2.45, 2.75) is 26.3 Å². The third-order valence-corrected chi connectivity index (χ3v) is 2.54. The van der Waals surface area contributed by atoms with E-state index >= 15 is 0 Å². The molecule has 1 heterocycles.